The van der Waals surface area contributed by atoms with Gasteiger partial charge in [0.25, 0.3) is 0 Å². The topological polar surface area (TPSA) is 38.7 Å². The van der Waals surface area contributed by atoms with Gasteiger partial charge in [-0.15, -0.1) is 0 Å². The Labute approximate surface area is 140 Å². The highest BCUT2D eigenvalue weighted by atomic mass is 16.6. The summed E-state index contributed by atoms with van der Waals surface area (Å²) in [6.07, 6.45) is 10.4. The number of fused-ring (bicyclic) bond motifs is 2. The zero-order valence-electron chi connectivity index (χ0n) is 15.1. The third-order valence-corrected chi connectivity index (χ3v) is 8.21. The fourth-order valence-electron chi connectivity index (χ4n) is 6.69. The smallest absolute Gasteiger partial charge is 0.124 e. The van der Waals surface area contributed by atoms with E-state index in [1.807, 2.05) is 6.26 Å². The first-order chi connectivity index (χ1) is 10.8. The summed E-state index contributed by atoms with van der Waals surface area (Å²) < 4.78 is 12.5. The van der Waals surface area contributed by atoms with Crippen molar-refractivity contribution in [3.8, 4) is 0 Å². The fourth-order valence-corrected chi connectivity index (χ4v) is 6.69. The quantitative estimate of drug-likeness (QED) is 0.732. The van der Waals surface area contributed by atoms with Gasteiger partial charge in [-0.2, -0.15) is 0 Å². The summed E-state index contributed by atoms with van der Waals surface area (Å²) in [7, 11) is 0. The van der Waals surface area contributed by atoms with E-state index >= 15 is 0 Å². The zero-order chi connectivity index (χ0) is 16.5. The maximum atomic E-state index is 10.6. The normalized spacial score (nSPS) is 54.4. The maximum absolute atomic E-state index is 10.6. The van der Waals surface area contributed by atoms with Crippen molar-refractivity contribution >= 4 is 0 Å². The highest BCUT2D eigenvalue weighted by Gasteiger charge is 2.68. The lowest BCUT2D eigenvalue weighted by Gasteiger charge is -2.64. The lowest BCUT2D eigenvalue weighted by molar-refractivity contribution is -0.255. The van der Waals surface area contributed by atoms with Crippen LogP contribution in [0.15, 0.2) is 12.3 Å². The third-order valence-electron chi connectivity index (χ3n) is 8.21. The largest absolute Gasteiger partial charge is 0.498 e. The van der Waals surface area contributed by atoms with Crippen molar-refractivity contribution in [2.45, 2.75) is 83.5 Å². The molecular weight excluding hydrogens is 288 g/mol. The van der Waals surface area contributed by atoms with Crippen LogP contribution in [0, 0.1) is 22.7 Å². The first-order valence-corrected chi connectivity index (χ1v) is 9.43. The molecule has 0 unspecified atom stereocenters. The molecule has 1 saturated heterocycles. The van der Waals surface area contributed by atoms with Crippen molar-refractivity contribution in [1.82, 2.24) is 0 Å². The van der Waals surface area contributed by atoms with Crippen molar-refractivity contribution in [2.75, 3.05) is 6.61 Å². The van der Waals surface area contributed by atoms with Gasteiger partial charge in [-0.3, -0.25) is 0 Å². The van der Waals surface area contributed by atoms with E-state index in [9.17, 15) is 5.11 Å². The predicted molar refractivity (Wildman–Crippen MR) is 89.9 cm³/mol. The molecule has 2 aliphatic heterocycles. The Kier molecular flexibility index (Phi) is 3.30. The summed E-state index contributed by atoms with van der Waals surface area (Å²) in [5, 5.41) is 10.6. The van der Waals surface area contributed by atoms with E-state index in [1.165, 1.54) is 12.8 Å². The summed E-state index contributed by atoms with van der Waals surface area (Å²) in [5.41, 5.74) is -0.140. The highest BCUT2D eigenvalue weighted by Crippen LogP contribution is 2.67. The van der Waals surface area contributed by atoms with Gasteiger partial charge in [-0.25, -0.2) is 0 Å². The van der Waals surface area contributed by atoms with Crippen molar-refractivity contribution in [3.05, 3.63) is 12.3 Å². The molecule has 4 aliphatic rings. The van der Waals surface area contributed by atoms with Gasteiger partial charge >= 0.3 is 0 Å². The van der Waals surface area contributed by atoms with Crippen LogP contribution in [-0.4, -0.2) is 29.0 Å². The lowest BCUT2D eigenvalue weighted by Crippen LogP contribution is -2.65. The highest BCUT2D eigenvalue weighted by molar-refractivity contribution is 5.20. The van der Waals surface area contributed by atoms with E-state index < -0.39 is 0 Å². The van der Waals surface area contributed by atoms with E-state index in [4.69, 9.17) is 9.47 Å². The molecule has 2 spiro atoms. The van der Waals surface area contributed by atoms with E-state index in [0.717, 1.165) is 25.7 Å². The Morgan fingerprint density at radius 2 is 1.83 bits per heavy atom. The summed E-state index contributed by atoms with van der Waals surface area (Å²) in [5.74, 6) is 1.10. The molecule has 0 aromatic carbocycles. The lowest BCUT2D eigenvalue weighted by atomic mass is 9.44. The Morgan fingerprint density at radius 1 is 1.04 bits per heavy atom. The summed E-state index contributed by atoms with van der Waals surface area (Å²) >= 11 is 0. The van der Waals surface area contributed by atoms with Crippen molar-refractivity contribution < 1.29 is 14.6 Å². The van der Waals surface area contributed by atoms with Crippen LogP contribution in [0.5, 0.6) is 0 Å². The first kappa shape index (κ1) is 16.0. The van der Waals surface area contributed by atoms with Gasteiger partial charge in [-0.1, -0.05) is 27.7 Å². The molecule has 3 nitrogen and oxygen atoms in total. The van der Waals surface area contributed by atoms with Gasteiger partial charge in [0.2, 0.25) is 0 Å². The minimum atomic E-state index is -0.195. The van der Waals surface area contributed by atoms with Gasteiger partial charge in [0, 0.05) is 5.41 Å². The number of ether oxygens (including phenoxy) is 2. The SMILES string of the molecule is C[C@@H]1CC[C@H]2C(C)(C)[C@H](O)CC[C@]2(C)[C@@]12CC[C@]1(C=COC1)O2. The molecule has 1 N–H and O–H groups in total. The van der Waals surface area contributed by atoms with Crippen molar-refractivity contribution in [1.29, 1.82) is 0 Å². The average Bonchev–Trinajstić information content (AvgIpc) is 3.11. The second-order valence-electron chi connectivity index (χ2n) is 9.49. The second kappa shape index (κ2) is 4.76. The summed E-state index contributed by atoms with van der Waals surface area (Å²) in [4.78, 5) is 0. The van der Waals surface area contributed by atoms with Crippen LogP contribution in [0.1, 0.15) is 66.2 Å². The Hall–Kier alpha value is -0.540. The van der Waals surface area contributed by atoms with Crippen LogP contribution in [-0.2, 0) is 9.47 Å². The van der Waals surface area contributed by atoms with Crippen LogP contribution in [0.25, 0.3) is 0 Å². The Morgan fingerprint density at radius 3 is 2.52 bits per heavy atom. The molecule has 0 radical (unpaired) electrons. The number of aliphatic hydroxyl groups is 1. The molecule has 0 amide bonds. The molecule has 0 bridgehead atoms. The molecule has 6 atom stereocenters. The minimum Gasteiger partial charge on any atom is -0.498 e. The number of rotatable bonds is 0. The molecule has 2 aliphatic carbocycles. The third kappa shape index (κ3) is 1.90. The second-order valence-corrected chi connectivity index (χ2v) is 9.49. The molecule has 3 fully saturated rings. The molecule has 3 heteroatoms. The Balaban J connectivity index is 1.75. The van der Waals surface area contributed by atoms with Gasteiger partial charge in [-0.05, 0) is 61.9 Å². The first-order valence-electron chi connectivity index (χ1n) is 9.43. The number of hydrogen-bond acceptors (Lipinski definition) is 3. The molecule has 2 saturated carbocycles. The van der Waals surface area contributed by atoms with E-state index in [2.05, 4.69) is 33.8 Å². The van der Waals surface area contributed by atoms with Crippen LogP contribution in [0.3, 0.4) is 0 Å². The standard InChI is InChI=1S/C20H32O3/c1-14-5-6-15-17(2,3)16(21)7-8-18(15,4)20(14)10-9-19(23-20)11-12-22-13-19/h11-12,14-16,21H,5-10,13H2,1-4H3/t14-,15+,16-,18+,19-,20-/m1/s1. The molecule has 4 rings (SSSR count). The summed E-state index contributed by atoms with van der Waals surface area (Å²) in [6.45, 7) is 10.1. The molecular formula is C20H32O3. The van der Waals surface area contributed by atoms with Crippen LogP contribution < -0.4 is 0 Å². The van der Waals surface area contributed by atoms with Gasteiger partial charge in [0.15, 0.2) is 0 Å². The van der Waals surface area contributed by atoms with Crippen LogP contribution in [0.2, 0.25) is 0 Å². The molecule has 2 heterocycles. The van der Waals surface area contributed by atoms with Crippen LogP contribution in [0.4, 0.5) is 0 Å². The predicted octanol–water partition coefficient (Wildman–Crippen LogP) is 4.05. The Bertz CT molecular complexity index is 527. The van der Waals surface area contributed by atoms with E-state index in [0.29, 0.717) is 18.4 Å². The number of aliphatic hydroxyl groups excluding tert-OH is 1. The van der Waals surface area contributed by atoms with Crippen molar-refractivity contribution in [3.63, 3.8) is 0 Å². The fraction of sp³-hybridized carbons (Fsp3) is 0.900. The molecule has 130 valence electrons. The minimum absolute atomic E-state index is 0.0265. The molecule has 23 heavy (non-hydrogen) atoms. The summed E-state index contributed by atoms with van der Waals surface area (Å²) in [6, 6.07) is 0. The van der Waals surface area contributed by atoms with Crippen LogP contribution >= 0.6 is 0 Å². The molecule has 0 aromatic heterocycles. The van der Waals surface area contributed by atoms with Crippen molar-refractivity contribution in [2.24, 2.45) is 22.7 Å². The van der Waals surface area contributed by atoms with E-state index in [-0.39, 0.29) is 28.1 Å². The maximum Gasteiger partial charge on any atom is 0.124 e. The zero-order valence-corrected chi connectivity index (χ0v) is 15.1. The van der Waals surface area contributed by atoms with Gasteiger partial charge < -0.3 is 14.6 Å². The monoisotopic (exact) mass is 320 g/mol. The number of hydrogen-bond donors (Lipinski definition) is 1. The van der Waals surface area contributed by atoms with Gasteiger partial charge in [0.1, 0.15) is 12.2 Å². The molecule has 0 aromatic rings. The average molecular weight is 320 g/mol. The van der Waals surface area contributed by atoms with E-state index in [1.54, 1.807) is 0 Å². The van der Waals surface area contributed by atoms with Gasteiger partial charge in [0.05, 0.1) is 18.0 Å².